The Morgan fingerprint density at radius 3 is 2.30 bits per heavy atom. The third kappa shape index (κ3) is 6.85. The third-order valence-corrected chi connectivity index (χ3v) is 7.23. The first-order valence-electron chi connectivity index (χ1n) is 12.8. The molecule has 0 saturated carbocycles. The second-order valence-electron chi connectivity index (χ2n) is 9.16. The zero-order valence-corrected chi connectivity index (χ0v) is 26.0. The number of carbonyl (C=O) groups is 3. The van der Waals surface area contributed by atoms with Crippen molar-refractivity contribution < 1.29 is 28.6 Å². The molecule has 11 heteroatoms. The molecule has 216 valence electrons. The quantitative estimate of drug-likeness (QED) is 0.0759. The molecular weight excluding hydrogens is 682 g/mol. The largest absolute Gasteiger partial charge is 0.493 e. The van der Waals surface area contributed by atoms with Crippen LogP contribution < -0.4 is 19.6 Å². The lowest BCUT2D eigenvalue weighted by molar-refractivity contribution is -0.132. The number of aromatic amines is 1. The monoisotopic (exact) mass is 703 g/mol. The van der Waals surface area contributed by atoms with Crippen LogP contribution in [0.3, 0.4) is 0 Å². The van der Waals surface area contributed by atoms with Gasteiger partial charge in [0.25, 0.3) is 5.91 Å². The van der Waals surface area contributed by atoms with Crippen molar-refractivity contribution in [2.24, 2.45) is 5.10 Å². The van der Waals surface area contributed by atoms with E-state index in [2.05, 4.69) is 47.4 Å². The average Bonchev–Trinajstić information content (AvgIpc) is 3.37. The lowest BCUT2D eigenvalue weighted by atomic mass is 10.0. The van der Waals surface area contributed by atoms with E-state index in [1.807, 2.05) is 48.5 Å². The predicted molar refractivity (Wildman–Crippen MR) is 170 cm³/mol. The Kier molecular flexibility index (Phi) is 9.03. The number of halogens is 2. The van der Waals surface area contributed by atoms with Crippen LogP contribution >= 0.6 is 31.9 Å². The van der Waals surface area contributed by atoms with Crippen LogP contribution in [-0.4, -0.2) is 36.2 Å². The summed E-state index contributed by atoms with van der Waals surface area (Å²) in [6, 6.07) is 24.7. The van der Waals surface area contributed by atoms with Crippen LogP contribution in [0.1, 0.15) is 33.3 Å². The zero-order valence-electron chi connectivity index (χ0n) is 22.8. The topological polar surface area (TPSA) is 119 Å². The number of methoxy groups -OCH3 is 1. The maximum absolute atomic E-state index is 13.3. The summed E-state index contributed by atoms with van der Waals surface area (Å²) < 4.78 is 17.6. The molecular formula is C32H23Br2N3O6. The molecule has 43 heavy (non-hydrogen) atoms. The first kappa shape index (κ1) is 29.7. The molecule has 0 aliphatic carbocycles. The molecule has 5 rings (SSSR count). The summed E-state index contributed by atoms with van der Waals surface area (Å²) in [6.07, 6.45) is 1.39. The van der Waals surface area contributed by atoms with Crippen LogP contribution in [0, 0.1) is 0 Å². The Bertz CT molecular complexity index is 1890. The Hall–Kier alpha value is -4.74. The molecule has 1 heterocycles. The number of hydrogen-bond acceptors (Lipinski definition) is 7. The van der Waals surface area contributed by atoms with Crippen molar-refractivity contribution in [3.8, 4) is 28.4 Å². The van der Waals surface area contributed by atoms with E-state index >= 15 is 0 Å². The number of amides is 1. The van der Waals surface area contributed by atoms with Crippen LogP contribution in [0.5, 0.6) is 17.2 Å². The van der Waals surface area contributed by atoms with Gasteiger partial charge in [0.2, 0.25) is 0 Å². The molecule has 4 aromatic carbocycles. The van der Waals surface area contributed by atoms with Crippen molar-refractivity contribution in [3.63, 3.8) is 0 Å². The number of hydrogen-bond donors (Lipinski definition) is 2. The number of carbonyl (C=O) groups excluding carboxylic acids is 3. The highest BCUT2D eigenvalue weighted by molar-refractivity contribution is 9.10. The van der Waals surface area contributed by atoms with Crippen molar-refractivity contribution in [2.75, 3.05) is 7.11 Å². The maximum Gasteiger partial charge on any atom is 0.343 e. The van der Waals surface area contributed by atoms with Crippen molar-refractivity contribution >= 4 is 66.8 Å². The molecule has 0 spiro atoms. The van der Waals surface area contributed by atoms with E-state index in [4.69, 9.17) is 14.2 Å². The van der Waals surface area contributed by atoms with Gasteiger partial charge in [0, 0.05) is 37.9 Å². The zero-order chi connectivity index (χ0) is 30.5. The van der Waals surface area contributed by atoms with E-state index in [0.717, 1.165) is 26.5 Å². The molecule has 0 atom stereocenters. The minimum atomic E-state index is -0.676. The van der Waals surface area contributed by atoms with Crippen LogP contribution in [0.4, 0.5) is 0 Å². The standard InChI is InChI=1S/C32H23Br2N3O6/c1-18(38)42-27-12-8-20(15-28(27)41-2)32(40)43-26-13-10-22(33)14-21(26)17-35-37-31(39)30-29(19-6-4-3-5-7-19)24-16-23(34)9-11-25(24)36-30/h3-17,36H,1-2H3,(H,37,39). The molecule has 0 aliphatic rings. The number of nitrogens with one attached hydrogen (secondary N) is 2. The second kappa shape index (κ2) is 13.1. The molecule has 0 fully saturated rings. The first-order chi connectivity index (χ1) is 20.7. The third-order valence-electron chi connectivity index (χ3n) is 6.25. The van der Waals surface area contributed by atoms with Crippen LogP contribution in [0.2, 0.25) is 0 Å². The van der Waals surface area contributed by atoms with Gasteiger partial charge in [-0.3, -0.25) is 9.59 Å². The number of H-pyrrole nitrogens is 1. The van der Waals surface area contributed by atoms with Gasteiger partial charge < -0.3 is 19.2 Å². The van der Waals surface area contributed by atoms with Crippen LogP contribution in [-0.2, 0) is 4.79 Å². The molecule has 9 nitrogen and oxygen atoms in total. The van der Waals surface area contributed by atoms with E-state index in [1.165, 1.54) is 38.4 Å². The summed E-state index contributed by atoms with van der Waals surface area (Å²) >= 11 is 6.93. The molecule has 0 unspecified atom stereocenters. The summed E-state index contributed by atoms with van der Waals surface area (Å²) in [7, 11) is 1.40. The van der Waals surface area contributed by atoms with Gasteiger partial charge in [-0.05, 0) is 60.2 Å². The summed E-state index contributed by atoms with van der Waals surface area (Å²) in [4.78, 5) is 40.9. The van der Waals surface area contributed by atoms with Crippen molar-refractivity contribution in [1.82, 2.24) is 10.4 Å². The Balaban J connectivity index is 1.38. The number of fused-ring (bicyclic) bond motifs is 1. The number of benzene rings is 4. The highest BCUT2D eigenvalue weighted by Crippen LogP contribution is 2.34. The molecule has 1 amide bonds. The van der Waals surface area contributed by atoms with Crippen molar-refractivity contribution in [2.45, 2.75) is 6.92 Å². The fraction of sp³-hybridized carbons (Fsp3) is 0.0625. The van der Waals surface area contributed by atoms with Gasteiger partial charge in [-0.1, -0.05) is 62.2 Å². The predicted octanol–water partition coefficient (Wildman–Crippen LogP) is 7.28. The first-order valence-corrected chi connectivity index (χ1v) is 14.4. The molecule has 2 N–H and O–H groups in total. The van der Waals surface area contributed by atoms with E-state index in [0.29, 0.717) is 15.7 Å². The lowest BCUT2D eigenvalue weighted by Gasteiger charge is -2.11. The summed E-state index contributed by atoms with van der Waals surface area (Å²) in [5, 5.41) is 5.04. The number of aromatic nitrogens is 1. The van der Waals surface area contributed by atoms with Gasteiger partial charge in [-0.15, -0.1) is 0 Å². The van der Waals surface area contributed by atoms with E-state index < -0.39 is 17.8 Å². The molecule has 0 saturated heterocycles. The Labute approximate surface area is 263 Å². The van der Waals surface area contributed by atoms with Gasteiger partial charge in [0.15, 0.2) is 11.5 Å². The van der Waals surface area contributed by atoms with Gasteiger partial charge in [-0.2, -0.15) is 5.10 Å². The van der Waals surface area contributed by atoms with Crippen molar-refractivity contribution in [3.05, 3.63) is 111 Å². The van der Waals surface area contributed by atoms with E-state index in [1.54, 1.807) is 18.2 Å². The Morgan fingerprint density at radius 1 is 0.837 bits per heavy atom. The molecule has 5 aromatic rings. The number of nitrogens with zero attached hydrogens (tertiary/aromatic N) is 1. The summed E-state index contributed by atoms with van der Waals surface area (Å²) in [5.74, 6) is -1.06. The summed E-state index contributed by atoms with van der Waals surface area (Å²) in [6.45, 7) is 1.27. The van der Waals surface area contributed by atoms with E-state index in [9.17, 15) is 14.4 Å². The number of ether oxygens (including phenoxy) is 3. The van der Waals surface area contributed by atoms with Gasteiger partial charge in [-0.25, -0.2) is 10.2 Å². The van der Waals surface area contributed by atoms with Gasteiger partial charge in [0.05, 0.1) is 18.9 Å². The number of hydrazone groups is 1. The minimum Gasteiger partial charge on any atom is -0.493 e. The van der Waals surface area contributed by atoms with Gasteiger partial charge >= 0.3 is 11.9 Å². The normalized spacial score (nSPS) is 11.0. The van der Waals surface area contributed by atoms with Gasteiger partial charge in [0.1, 0.15) is 11.4 Å². The highest BCUT2D eigenvalue weighted by atomic mass is 79.9. The smallest absolute Gasteiger partial charge is 0.343 e. The summed E-state index contributed by atoms with van der Waals surface area (Å²) in [5.41, 5.74) is 5.95. The molecule has 0 bridgehead atoms. The van der Waals surface area contributed by atoms with Crippen LogP contribution in [0.15, 0.2) is 99.0 Å². The molecule has 0 aliphatic heterocycles. The number of esters is 2. The SMILES string of the molecule is COc1cc(C(=O)Oc2ccc(Br)cc2C=NNC(=O)c2[nH]c3ccc(Br)cc3c2-c2ccccc2)ccc1OC(C)=O. The second-order valence-corrected chi connectivity index (χ2v) is 11.0. The fourth-order valence-corrected chi connectivity index (χ4v) is 5.10. The molecule has 0 radical (unpaired) electrons. The van der Waals surface area contributed by atoms with E-state index in [-0.39, 0.29) is 22.8 Å². The molecule has 1 aromatic heterocycles. The van der Waals surface area contributed by atoms with Crippen LogP contribution in [0.25, 0.3) is 22.0 Å². The average molecular weight is 705 g/mol. The lowest BCUT2D eigenvalue weighted by Crippen LogP contribution is -2.19. The Morgan fingerprint density at radius 2 is 1.56 bits per heavy atom. The van der Waals surface area contributed by atoms with Crippen molar-refractivity contribution in [1.29, 1.82) is 0 Å². The fourth-order valence-electron chi connectivity index (χ4n) is 4.36. The highest BCUT2D eigenvalue weighted by Gasteiger charge is 2.20. The number of rotatable bonds is 8. The maximum atomic E-state index is 13.3. The minimum absolute atomic E-state index is 0.172.